The third-order valence-corrected chi connectivity index (χ3v) is 14.7. The van der Waals surface area contributed by atoms with Crippen LogP contribution in [0.4, 0.5) is 0 Å². The van der Waals surface area contributed by atoms with Crippen molar-refractivity contribution in [2.45, 2.75) is 309 Å². The van der Waals surface area contributed by atoms with Gasteiger partial charge in [-0.2, -0.15) is 0 Å². The minimum absolute atomic E-state index is 0.0103. The second-order valence-corrected chi connectivity index (χ2v) is 23.1. The SMILES string of the molecule is CCCCCC/C=C\C/C=C\CCCCCCCC(=O)NC(COP(=O)([O-])OCC[N+](C)(C)C)C(O)CCCCCCCCCCCCCCCCCCCCCCCCCCCCCCCC. The highest BCUT2D eigenvalue weighted by atomic mass is 31.2. The number of aliphatic hydroxyl groups is 1. The standard InChI is InChI=1S/C59H117N2O6P/c1-6-8-10-12-14-16-18-20-22-24-25-26-27-28-29-30-31-32-33-34-35-36-37-38-40-42-44-46-48-50-52-58(62)57(56-67-68(64,65)66-55-54-61(3,4)5)60-59(63)53-51-49-47-45-43-41-39-23-21-19-17-15-13-11-9-7-2/h17,19,23,39,57-58,62H,6-16,18,20-22,24-38,40-56H2,1-5H3,(H-,60,63,64,65)/b19-17-,39-23-. The molecule has 0 aromatic carbocycles. The Labute approximate surface area is 424 Å². The Morgan fingerprint density at radius 1 is 0.515 bits per heavy atom. The Morgan fingerprint density at radius 3 is 1.24 bits per heavy atom. The maximum Gasteiger partial charge on any atom is 0.268 e. The number of carbonyl (C=O) groups is 1. The van der Waals surface area contributed by atoms with Crippen molar-refractivity contribution in [1.82, 2.24) is 5.32 Å². The van der Waals surface area contributed by atoms with Crippen molar-refractivity contribution in [3.8, 4) is 0 Å². The van der Waals surface area contributed by atoms with E-state index in [9.17, 15) is 19.4 Å². The molecule has 0 fully saturated rings. The third kappa shape index (κ3) is 52.8. The van der Waals surface area contributed by atoms with Crippen LogP contribution in [0.5, 0.6) is 0 Å². The second kappa shape index (κ2) is 50.9. The summed E-state index contributed by atoms with van der Waals surface area (Å²) in [6, 6.07) is -0.807. The molecule has 2 N–H and O–H groups in total. The quantitative estimate of drug-likeness (QED) is 0.0272. The molecule has 68 heavy (non-hydrogen) atoms. The lowest BCUT2D eigenvalue weighted by molar-refractivity contribution is -0.870. The van der Waals surface area contributed by atoms with E-state index < -0.39 is 20.0 Å². The van der Waals surface area contributed by atoms with Crippen LogP contribution in [0.25, 0.3) is 0 Å². The zero-order valence-corrected chi connectivity index (χ0v) is 47.0. The maximum absolute atomic E-state index is 13.0. The average Bonchev–Trinajstić information content (AvgIpc) is 3.30. The number of quaternary nitrogens is 1. The van der Waals surface area contributed by atoms with E-state index in [-0.39, 0.29) is 19.1 Å². The number of carbonyl (C=O) groups excluding carboxylic acids is 1. The number of unbranched alkanes of at least 4 members (excludes halogenated alkanes) is 38. The molecule has 0 aromatic heterocycles. The van der Waals surface area contributed by atoms with Gasteiger partial charge in [0.25, 0.3) is 7.82 Å². The number of aliphatic hydroxyl groups excluding tert-OH is 1. The van der Waals surface area contributed by atoms with Crippen LogP contribution in [0.3, 0.4) is 0 Å². The Bertz CT molecular complexity index is 1160. The van der Waals surface area contributed by atoms with E-state index in [1.165, 1.54) is 205 Å². The molecule has 0 saturated carbocycles. The van der Waals surface area contributed by atoms with Crippen LogP contribution in [0.15, 0.2) is 24.3 Å². The normalized spacial score (nSPS) is 14.0. The Balaban J connectivity index is 4.06. The largest absolute Gasteiger partial charge is 0.756 e. The number of nitrogens with one attached hydrogen (secondary N) is 1. The van der Waals surface area contributed by atoms with E-state index in [0.717, 1.165) is 64.2 Å². The number of phosphoric ester groups is 1. The van der Waals surface area contributed by atoms with Gasteiger partial charge in [0.2, 0.25) is 5.91 Å². The molecule has 1 amide bonds. The molecule has 9 heteroatoms. The van der Waals surface area contributed by atoms with Crippen molar-refractivity contribution < 1.29 is 32.9 Å². The van der Waals surface area contributed by atoms with Crippen LogP contribution in [-0.4, -0.2) is 68.5 Å². The lowest BCUT2D eigenvalue weighted by Gasteiger charge is -2.30. The molecule has 3 atom stereocenters. The van der Waals surface area contributed by atoms with Gasteiger partial charge in [0.1, 0.15) is 13.2 Å². The summed E-state index contributed by atoms with van der Waals surface area (Å²) in [4.78, 5) is 25.5. The summed E-state index contributed by atoms with van der Waals surface area (Å²) in [7, 11) is 1.30. The number of allylic oxidation sites excluding steroid dienone is 4. The first-order chi connectivity index (χ1) is 33.0. The van der Waals surface area contributed by atoms with Crippen LogP contribution < -0.4 is 10.2 Å². The lowest BCUT2D eigenvalue weighted by Crippen LogP contribution is -2.46. The Hall–Kier alpha value is -1.02. The van der Waals surface area contributed by atoms with E-state index in [2.05, 4.69) is 43.5 Å². The number of phosphoric acid groups is 1. The molecule has 0 saturated heterocycles. The monoisotopic (exact) mass is 981 g/mol. The van der Waals surface area contributed by atoms with E-state index in [1.807, 2.05) is 21.1 Å². The fourth-order valence-corrected chi connectivity index (χ4v) is 9.74. The molecule has 0 aliphatic heterocycles. The molecule has 0 rings (SSSR count). The first-order valence-electron chi connectivity index (χ1n) is 29.7. The Morgan fingerprint density at radius 2 is 0.853 bits per heavy atom. The summed E-state index contributed by atoms with van der Waals surface area (Å²) in [5, 5.41) is 14.0. The van der Waals surface area contributed by atoms with Crippen molar-refractivity contribution in [3.63, 3.8) is 0 Å². The van der Waals surface area contributed by atoms with Gasteiger partial charge in [-0.25, -0.2) is 0 Å². The summed E-state index contributed by atoms with van der Waals surface area (Å²) in [5.41, 5.74) is 0. The van der Waals surface area contributed by atoms with E-state index >= 15 is 0 Å². The highest BCUT2D eigenvalue weighted by Gasteiger charge is 2.24. The number of hydrogen-bond acceptors (Lipinski definition) is 6. The summed E-state index contributed by atoms with van der Waals surface area (Å²) < 4.78 is 23.4. The number of likely N-dealkylation sites (N-methyl/N-ethyl adjacent to an activating group) is 1. The highest BCUT2D eigenvalue weighted by Crippen LogP contribution is 2.38. The van der Waals surface area contributed by atoms with Gasteiger partial charge in [-0.15, -0.1) is 0 Å². The topological polar surface area (TPSA) is 108 Å². The molecule has 0 heterocycles. The summed E-state index contributed by atoms with van der Waals surface area (Å²) in [6.45, 7) is 4.73. The fourth-order valence-electron chi connectivity index (χ4n) is 9.01. The number of hydrogen-bond donors (Lipinski definition) is 2. The van der Waals surface area contributed by atoms with Crippen LogP contribution in [0.1, 0.15) is 296 Å². The summed E-state index contributed by atoms with van der Waals surface area (Å²) in [5.74, 6) is -0.175. The Kier molecular flexibility index (Phi) is 50.1. The van der Waals surface area contributed by atoms with E-state index in [0.29, 0.717) is 23.9 Å². The molecule has 0 bridgehead atoms. The zero-order chi connectivity index (χ0) is 49.9. The van der Waals surface area contributed by atoms with Gasteiger partial charge in [0.15, 0.2) is 0 Å². The molecule has 3 unspecified atom stereocenters. The van der Waals surface area contributed by atoms with Crippen molar-refractivity contribution in [3.05, 3.63) is 24.3 Å². The molecule has 0 aromatic rings. The van der Waals surface area contributed by atoms with Gasteiger partial charge >= 0.3 is 0 Å². The van der Waals surface area contributed by atoms with Gasteiger partial charge in [-0.05, 0) is 44.9 Å². The van der Waals surface area contributed by atoms with Crippen molar-refractivity contribution in [2.24, 2.45) is 0 Å². The first kappa shape index (κ1) is 67.0. The molecule has 0 aliphatic rings. The summed E-state index contributed by atoms with van der Waals surface area (Å²) >= 11 is 0. The van der Waals surface area contributed by atoms with E-state index in [4.69, 9.17) is 9.05 Å². The predicted molar refractivity (Wildman–Crippen MR) is 293 cm³/mol. The van der Waals surface area contributed by atoms with Crippen LogP contribution in [0, 0.1) is 0 Å². The summed E-state index contributed by atoms with van der Waals surface area (Å²) in [6.07, 6.45) is 63.7. The third-order valence-electron chi connectivity index (χ3n) is 13.7. The van der Waals surface area contributed by atoms with Crippen molar-refractivity contribution in [1.29, 1.82) is 0 Å². The van der Waals surface area contributed by atoms with Crippen molar-refractivity contribution >= 4 is 13.7 Å². The lowest BCUT2D eigenvalue weighted by atomic mass is 10.0. The highest BCUT2D eigenvalue weighted by molar-refractivity contribution is 7.45. The predicted octanol–water partition coefficient (Wildman–Crippen LogP) is 17.4. The molecular weight excluding hydrogens is 864 g/mol. The smallest absolute Gasteiger partial charge is 0.268 e. The molecule has 404 valence electrons. The second-order valence-electron chi connectivity index (χ2n) is 21.7. The number of amides is 1. The minimum atomic E-state index is -4.58. The van der Waals surface area contributed by atoms with Gasteiger partial charge in [0.05, 0.1) is 39.9 Å². The zero-order valence-electron chi connectivity index (χ0n) is 46.1. The number of nitrogens with zero attached hydrogens (tertiary/aromatic N) is 1. The van der Waals surface area contributed by atoms with Crippen LogP contribution in [0.2, 0.25) is 0 Å². The van der Waals surface area contributed by atoms with Gasteiger partial charge in [-0.1, -0.05) is 269 Å². The fraction of sp³-hybridized carbons (Fsp3) is 0.915. The van der Waals surface area contributed by atoms with Crippen molar-refractivity contribution in [2.75, 3.05) is 40.9 Å². The average molecular weight is 982 g/mol. The molecule has 0 aliphatic carbocycles. The minimum Gasteiger partial charge on any atom is -0.756 e. The van der Waals surface area contributed by atoms with E-state index in [1.54, 1.807) is 0 Å². The first-order valence-corrected chi connectivity index (χ1v) is 31.1. The maximum atomic E-state index is 13.0. The van der Waals surface area contributed by atoms with Gasteiger partial charge < -0.3 is 28.8 Å². The van der Waals surface area contributed by atoms with Gasteiger partial charge in [0, 0.05) is 6.42 Å². The molecule has 0 spiro atoms. The number of rotatable bonds is 55. The van der Waals surface area contributed by atoms with Gasteiger partial charge in [-0.3, -0.25) is 9.36 Å². The van der Waals surface area contributed by atoms with Crippen LogP contribution in [-0.2, 0) is 18.4 Å². The molecule has 0 radical (unpaired) electrons. The van der Waals surface area contributed by atoms with Crippen LogP contribution >= 0.6 is 7.82 Å². The molecular formula is C59H117N2O6P. The molecule has 8 nitrogen and oxygen atoms in total.